The van der Waals surface area contributed by atoms with Crippen LogP contribution in [0.1, 0.15) is 19.3 Å². The Morgan fingerprint density at radius 1 is 1.46 bits per heavy atom. The van der Waals surface area contributed by atoms with Gasteiger partial charge in [0.1, 0.15) is 0 Å². The van der Waals surface area contributed by atoms with E-state index in [1.54, 1.807) is 0 Å². The number of alkyl halides is 2. The van der Waals surface area contributed by atoms with Crippen LogP contribution >= 0.6 is 0 Å². The van der Waals surface area contributed by atoms with Gasteiger partial charge < -0.3 is 9.84 Å². The maximum atomic E-state index is 12.6. The minimum Gasteiger partial charge on any atom is -0.479 e. The lowest BCUT2D eigenvalue weighted by Gasteiger charge is -2.25. The lowest BCUT2D eigenvalue weighted by atomic mass is 9.88. The Bertz CT molecular complexity index is 244. The zero-order chi connectivity index (χ0) is 9.69. The van der Waals surface area contributed by atoms with Gasteiger partial charge >= 0.3 is 5.97 Å². The number of halogens is 2. The number of carbonyl (C=O) groups is 1. The third-order valence-corrected chi connectivity index (χ3v) is 3.15. The molecule has 2 atom stereocenters. The van der Waals surface area contributed by atoms with Gasteiger partial charge in [0.05, 0.1) is 12.0 Å². The van der Waals surface area contributed by atoms with Crippen LogP contribution in [0.25, 0.3) is 0 Å². The van der Waals surface area contributed by atoms with Crippen molar-refractivity contribution in [1.82, 2.24) is 0 Å². The summed E-state index contributed by atoms with van der Waals surface area (Å²) in [6.07, 6.45) is -2.03. The molecule has 0 aromatic heterocycles. The molecule has 1 aliphatic heterocycles. The first kappa shape index (κ1) is 8.87. The van der Waals surface area contributed by atoms with Gasteiger partial charge in [-0.1, -0.05) is 0 Å². The molecule has 2 fully saturated rings. The van der Waals surface area contributed by atoms with Gasteiger partial charge in [0.25, 0.3) is 0 Å². The van der Waals surface area contributed by atoms with Crippen molar-refractivity contribution >= 4 is 5.97 Å². The van der Waals surface area contributed by atoms with E-state index in [4.69, 9.17) is 9.84 Å². The highest BCUT2D eigenvalue weighted by Gasteiger charge is 2.63. The molecule has 1 aliphatic carbocycles. The molecule has 0 aromatic carbocycles. The topological polar surface area (TPSA) is 46.5 Å². The smallest absolute Gasteiger partial charge is 0.335 e. The SMILES string of the molecule is O=C(O)C12CCC(C(F)F)(CO1)C2. The Kier molecular flexibility index (Phi) is 1.64. The molecule has 5 heteroatoms. The fraction of sp³-hybridized carbons (Fsp3) is 0.875. The van der Waals surface area contributed by atoms with Crippen molar-refractivity contribution in [1.29, 1.82) is 0 Å². The highest BCUT2D eigenvalue weighted by molar-refractivity contribution is 5.78. The van der Waals surface area contributed by atoms with Gasteiger partial charge in [-0.3, -0.25) is 0 Å². The highest BCUT2D eigenvalue weighted by Crippen LogP contribution is 2.55. The maximum Gasteiger partial charge on any atom is 0.335 e. The summed E-state index contributed by atoms with van der Waals surface area (Å²) >= 11 is 0. The highest BCUT2D eigenvalue weighted by atomic mass is 19.3. The number of hydrogen-bond donors (Lipinski definition) is 1. The molecule has 0 amide bonds. The van der Waals surface area contributed by atoms with E-state index >= 15 is 0 Å². The number of rotatable bonds is 2. The summed E-state index contributed by atoms with van der Waals surface area (Å²) in [6, 6.07) is 0. The first-order valence-corrected chi connectivity index (χ1v) is 4.16. The van der Waals surface area contributed by atoms with E-state index < -0.39 is 23.4 Å². The van der Waals surface area contributed by atoms with Crippen molar-refractivity contribution < 1.29 is 23.4 Å². The lowest BCUT2D eigenvalue weighted by Crippen LogP contribution is -2.36. The standard InChI is InChI=1S/C8H10F2O3/c9-5(10)7-1-2-8(3-7,6(11)12)13-4-7/h5H,1-4H2,(H,11,12). The predicted octanol–water partition coefficient (Wildman–Crippen LogP) is 1.28. The van der Waals surface area contributed by atoms with Crippen molar-refractivity contribution in [2.45, 2.75) is 31.3 Å². The van der Waals surface area contributed by atoms with Crippen molar-refractivity contribution in [2.75, 3.05) is 6.61 Å². The van der Waals surface area contributed by atoms with E-state index in [-0.39, 0.29) is 25.9 Å². The monoisotopic (exact) mass is 192 g/mol. The van der Waals surface area contributed by atoms with Crippen LogP contribution in [-0.2, 0) is 9.53 Å². The Labute approximate surface area is 73.7 Å². The summed E-state index contributed by atoms with van der Waals surface area (Å²) in [5.74, 6) is -1.10. The molecule has 2 unspecified atom stereocenters. The van der Waals surface area contributed by atoms with Crippen molar-refractivity contribution in [2.24, 2.45) is 5.41 Å². The van der Waals surface area contributed by atoms with Gasteiger partial charge in [-0.15, -0.1) is 0 Å². The van der Waals surface area contributed by atoms with E-state index in [9.17, 15) is 13.6 Å². The number of carboxylic acids is 1. The van der Waals surface area contributed by atoms with Crippen molar-refractivity contribution in [3.63, 3.8) is 0 Å². The number of carboxylic acid groups (broad SMARTS) is 1. The number of hydrogen-bond acceptors (Lipinski definition) is 2. The lowest BCUT2D eigenvalue weighted by molar-refractivity contribution is -0.162. The van der Waals surface area contributed by atoms with Crippen LogP contribution in [0.2, 0.25) is 0 Å². The summed E-state index contributed by atoms with van der Waals surface area (Å²) in [7, 11) is 0. The van der Waals surface area contributed by atoms with Crippen LogP contribution in [0.4, 0.5) is 8.78 Å². The van der Waals surface area contributed by atoms with Crippen LogP contribution in [0, 0.1) is 5.41 Å². The van der Waals surface area contributed by atoms with Crippen LogP contribution < -0.4 is 0 Å². The molecule has 2 aliphatic rings. The summed E-state index contributed by atoms with van der Waals surface area (Å²) in [4.78, 5) is 10.8. The molecule has 1 saturated carbocycles. The Morgan fingerprint density at radius 2 is 2.15 bits per heavy atom. The zero-order valence-electron chi connectivity index (χ0n) is 6.93. The van der Waals surface area contributed by atoms with E-state index in [0.29, 0.717) is 0 Å². The molecule has 0 radical (unpaired) electrons. The summed E-state index contributed by atoms with van der Waals surface area (Å²) < 4.78 is 30.2. The Hall–Kier alpha value is -0.710. The third-order valence-electron chi connectivity index (χ3n) is 3.15. The summed E-state index contributed by atoms with van der Waals surface area (Å²) in [5.41, 5.74) is -2.49. The fourth-order valence-electron chi connectivity index (χ4n) is 2.22. The average molecular weight is 192 g/mol. The van der Waals surface area contributed by atoms with Crippen molar-refractivity contribution in [3.05, 3.63) is 0 Å². The quantitative estimate of drug-likeness (QED) is 0.716. The zero-order valence-corrected chi connectivity index (χ0v) is 6.93. The predicted molar refractivity (Wildman–Crippen MR) is 38.6 cm³/mol. The van der Waals surface area contributed by atoms with E-state index in [0.717, 1.165) is 0 Å². The largest absolute Gasteiger partial charge is 0.479 e. The average Bonchev–Trinajstić information content (AvgIpc) is 2.61. The molecular weight excluding hydrogens is 182 g/mol. The second kappa shape index (κ2) is 2.41. The van der Waals surface area contributed by atoms with Gasteiger partial charge in [-0.05, 0) is 12.8 Å². The minimum atomic E-state index is -2.48. The van der Waals surface area contributed by atoms with E-state index in [2.05, 4.69) is 0 Å². The minimum absolute atomic E-state index is 0.0347. The van der Waals surface area contributed by atoms with Gasteiger partial charge in [0, 0.05) is 6.42 Å². The first-order valence-electron chi connectivity index (χ1n) is 4.16. The normalized spacial score (nSPS) is 43.0. The van der Waals surface area contributed by atoms with Crippen LogP contribution in [0.5, 0.6) is 0 Å². The molecule has 74 valence electrons. The molecule has 13 heavy (non-hydrogen) atoms. The molecule has 1 heterocycles. The van der Waals surface area contributed by atoms with Gasteiger partial charge in [-0.25, -0.2) is 13.6 Å². The van der Waals surface area contributed by atoms with Crippen LogP contribution in [0.15, 0.2) is 0 Å². The number of fused-ring (bicyclic) bond motifs is 2. The van der Waals surface area contributed by atoms with Crippen LogP contribution in [-0.4, -0.2) is 29.7 Å². The summed E-state index contributed by atoms with van der Waals surface area (Å²) in [6.45, 7) is -0.114. The van der Waals surface area contributed by atoms with Crippen LogP contribution in [0.3, 0.4) is 0 Å². The summed E-state index contributed by atoms with van der Waals surface area (Å²) in [5, 5.41) is 8.82. The van der Waals surface area contributed by atoms with Gasteiger partial charge in [-0.2, -0.15) is 0 Å². The fourth-order valence-corrected chi connectivity index (χ4v) is 2.22. The second-order valence-electron chi connectivity index (χ2n) is 3.93. The van der Waals surface area contributed by atoms with Crippen molar-refractivity contribution in [3.8, 4) is 0 Å². The molecule has 3 nitrogen and oxygen atoms in total. The van der Waals surface area contributed by atoms with E-state index in [1.165, 1.54) is 0 Å². The van der Waals surface area contributed by atoms with E-state index in [1.807, 2.05) is 0 Å². The van der Waals surface area contributed by atoms with Gasteiger partial charge in [0.15, 0.2) is 5.60 Å². The maximum absolute atomic E-state index is 12.6. The Morgan fingerprint density at radius 3 is 2.38 bits per heavy atom. The molecule has 0 spiro atoms. The number of aliphatic carboxylic acids is 1. The molecule has 2 bridgehead atoms. The molecule has 2 rings (SSSR count). The third kappa shape index (κ3) is 0.995. The Balaban J connectivity index is 2.24. The second-order valence-corrected chi connectivity index (χ2v) is 3.93. The number of ether oxygens (including phenoxy) is 1. The molecular formula is C8H10F2O3. The van der Waals surface area contributed by atoms with Gasteiger partial charge in [0.2, 0.25) is 6.43 Å². The molecule has 1 saturated heterocycles. The molecule has 0 aromatic rings. The molecule has 1 N–H and O–H groups in total. The first-order chi connectivity index (χ1) is 6.01.